The van der Waals surface area contributed by atoms with E-state index in [2.05, 4.69) is 10.3 Å². The Hall–Kier alpha value is -2.29. The number of aromatic nitrogens is 1. The number of β-amino-alcohol motifs (C(OH)–C–C–N with tert-alkyl or cyclic N) is 1. The van der Waals surface area contributed by atoms with Gasteiger partial charge >= 0.3 is 0 Å². The molecule has 1 aliphatic heterocycles. The Morgan fingerprint density at radius 2 is 2.00 bits per heavy atom. The first-order chi connectivity index (χ1) is 14.1. The van der Waals surface area contributed by atoms with Gasteiger partial charge in [0.1, 0.15) is 6.04 Å². The van der Waals surface area contributed by atoms with Crippen molar-refractivity contribution in [1.29, 1.82) is 0 Å². The molecule has 0 radical (unpaired) electrons. The highest BCUT2D eigenvalue weighted by molar-refractivity contribution is 7.13. The van der Waals surface area contributed by atoms with E-state index in [-0.39, 0.29) is 24.8 Å². The van der Waals surface area contributed by atoms with Crippen LogP contribution in [-0.4, -0.2) is 51.5 Å². The maximum absolute atomic E-state index is 12.8. The molecule has 2 heterocycles. The average molecular weight is 431 g/mol. The van der Waals surface area contributed by atoms with Crippen LogP contribution in [0.25, 0.3) is 10.4 Å². The van der Waals surface area contributed by atoms with Gasteiger partial charge in [-0.1, -0.05) is 45.0 Å². The summed E-state index contributed by atoms with van der Waals surface area (Å²) >= 11 is 1.60. The molecular weight excluding hydrogens is 400 g/mol. The van der Waals surface area contributed by atoms with E-state index in [0.29, 0.717) is 6.54 Å². The Kier molecular flexibility index (Phi) is 6.59. The molecule has 1 aromatic carbocycles. The SMILES string of the molecule is Cc1ncsc1-c1ccc(CNC(=O)C2C[C@@H](O)CN2C(=O)[C@@H](N)C(C)(C)C)cc1. The molecule has 3 atom stereocenters. The van der Waals surface area contributed by atoms with Crippen molar-refractivity contribution in [1.82, 2.24) is 15.2 Å². The molecule has 0 spiro atoms. The fourth-order valence-electron chi connectivity index (χ4n) is 3.51. The van der Waals surface area contributed by atoms with Crippen LogP contribution in [-0.2, 0) is 16.1 Å². The highest BCUT2D eigenvalue weighted by Gasteiger charge is 2.42. The summed E-state index contributed by atoms with van der Waals surface area (Å²) in [6, 6.07) is 6.52. The number of nitrogens with one attached hydrogen (secondary N) is 1. The number of hydrogen-bond acceptors (Lipinski definition) is 6. The number of amides is 2. The van der Waals surface area contributed by atoms with Gasteiger partial charge in [-0.25, -0.2) is 4.98 Å². The van der Waals surface area contributed by atoms with Gasteiger partial charge in [0.25, 0.3) is 0 Å². The first-order valence-corrected chi connectivity index (χ1v) is 11.0. The summed E-state index contributed by atoms with van der Waals surface area (Å²) in [6.45, 7) is 8.11. The van der Waals surface area contributed by atoms with Crippen LogP contribution in [0.2, 0.25) is 0 Å². The smallest absolute Gasteiger partial charge is 0.243 e. The number of likely N-dealkylation sites (tertiary alicyclic amines) is 1. The summed E-state index contributed by atoms with van der Waals surface area (Å²) in [7, 11) is 0. The average Bonchev–Trinajstić information content (AvgIpc) is 3.30. The molecule has 30 heavy (non-hydrogen) atoms. The molecule has 0 aliphatic carbocycles. The summed E-state index contributed by atoms with van der Waals surface area (Å²) in [5.74, 6) is -0.577. The molecule has 0 saturated carbocycles. The zero-order valence-corrected chi connectivity index (χ0v) is 18.7. The minimum Gasteiger partial charge on any atom is -0.391 e. The Labute approximate surface area is 181 Å². The molecule has 2 aromatic rings. The first kappa shape index (κ1) is 22.4. The largest absolute Gasteiger partial charge is 0.391 e. The zero-order valence-electron chi connectivity index (χ0n) is 17.9. The summed E-state index contributed by atoms with van der Waals surface area (Å²) < 4.78 is 0. The standard InChI is InChI=1S/C22H30N4O3S/c1-13-18(30-12-25-13)15-7-5-14(6-8-15)10-24-20(28)17-9-16(27)11-26(17)21(29)19(23)22(2,3)4/h5-8,12,16-17,19,27H,9-11,23H2,1-4H3,(H,24,28)/t16-,17?,19-/m1/s1. The Balaban J connectivity index is 1.63. The third-order valence-electron chi connectivity index (χ3n) is 5.49. The third-order valence-corrected chi connectivity index (χ3v) is 6.47. The summed E-state index contributed by atoms with van der Waals surface area (Å²) in [5.41, 5.74) is 10.6. The fraction of sp³-hybridized carbons (Fsp3) is 0.500. The van der Waals surface area contributed by atoms with Crippen molar-refractivity contribution in [3.63, 3.8) is 0 Å². The van der Waals surface area contributed by atoms with Gasteiger partial charge in [0, 0.05) is 19.5 Å². The minimum absolute atomic E-state index is 0.129. The van der Waals surface area contributed by atoms with E-state index in [1.165, 1.54) is 4.90 Å². The normalized spacial score (nSPS) is 20.3. The topological polar surface area (TPSA) is 109 Å². The lowest BCUT2D eigenvalue weighted by molar-refractivity contribution is -0.141. The molecule has 1 saturated heterocycles. The van der Waals surface area contributed by atoms with Crippen molar-refractivity contribution in [2.24, 2.45) is 11.1 Å². The Morgan fingerprint density at radius 3 is 2.57 bits per heavy atom. The molecular formula is C22H30N4O3S. The van der Waals surface area contributed by atoms with E-state index < -0.39 is 23.6 Å². The van der Waals surface area contributed by atoms with Gasteiger partial charge in [0.05, 0.1) is 28.2 Å². The number of nitrogens with zero attached hydrogens (tertiary/aromatic N) is 2. The van der Waals surface area contributed by atoms with Crippen LogP contribution in [0.1, 0.15) is 38.4 Å². The van der Waals surface area contributed by atoms with Crippen molar-refractivity contribution >= 4 is 23.2 Å². The maximum atomic E-state index is 12.8. The number of carbonyl (C=O) groups excluding carboxylic acids is 2. The molecule has 1 unspecified atom stereocenters. The quantitative estimate of drug-likeness (QED) is 0.673. The second-order valence-corrected chi connectivity index (χ2v) is 9.78. The van der Waals surface area contributed by atoms with Crippen LogP contribution in [0.15, 0.2) is 29.8 Å². The summed E-state index contributed by atoms with van der Waals surface area (Å²) in [6.07, 6.45) is -0.503. The van der Waals surface area contributed by atoms with Gasteiger partial charge in [-0.3, -0.25) is 9.59 Å². The number of aliphatic hydroxyl groups is 1. The number of aliphatic hydroxyl groups excluding tert-OH is 1. The first-order valence-electron chi connectivity index (χ1n) is 10.1. The Bertz CT molecular complexity index is 904. The van der Waals surface area contributed by atoms with Crippen LogP contribution in [0.5, 0.6) is 0 Å². The summed E-state index contributed by atoms with van der Waals surface area (Å²) in [5, 5.41) is 13.0. The van der Waals surface area contributed by atoms with E-state index in [0.717, 1.165) is 21.7 Å². The van der Waals surface area contributed by atoms with E-state index in [9.17, 15) is 14.7 Å². The molecule has 7 nitrogen and oxygen atoms in total. The monoisotopic (exact) mass is 430 g/mol. The molecule has 2 amide bonds. The number of rotatable bonds is 5. The second-order valence-electron chi connectivity index (χ2n) is 8.92. The molecule has 4 N–H and O–H groups in total. The van der Waals surface area contributed by atoms with Gasteiger partial charge in [-0.15, -0.1) is 11.3 Å². The lowest BCUT2D eigenvalue weighted by Crippen LogP contribution is -2.54. The van der Waals surface area contributed by atoms with Crippen molar-refractivity contribution in [2.45, 2.75) is 58.8 Å². The second kappa shape index (κ2) is 8.83. The molecule has 1 aromatic heterocycles. The number of aryl methyl sites for hydroxylation is 1. The predicted octanol–water partition coefficient (Wildman–Crippen LogP) is 2.07. The van der Waals surface area contributed by atoms with Crippen LogP contribution >= 0.6 is 11.3 Å². The van der Waals surface area contributed by atoms with Crippen LogP contribution in [0.4, 0.5) is 0 Å². The number of carbonyl (C=O) groups is 2. The molecule has 3 rings (SSSR count). The van der Waals surface area contributed by atoms with Crippen molar-refractivity contribution in [3.05, 3.63) is 41.0 Å². The van der Waals surface area contributed by atoms with Crippen molar-refractivity contribution in [2.75, 3.05) is 6.54 Å². The van der Waals surface area contributed by atoms with Crippen molar-refractivity contribution < 1.29 is 14.7 Å². The summed E-state index contributed by atoms with van der Waals surface area (Å²) in [4.78, 5) is 32.4. The highest BCUT2D eigenvalue weighted by Crippen LogP contribution is 2.27. The van der Waals surface area contributed by atoms with Gasteiger partial charge in [-0.2, -0.15) is 0 Å². The van der Waals surface area contributed by atoms with Crippen LogP contribution < -0.4 is 11.1 Å². The molecule has 0 bridgehead atoms. The van der Waals surface area contributed by atoms with Crippen LogP contribution in [0, 0.1) is 12.3 Å². The van der Waals surface area contributed by atoms with Gasteiger partial charge < -0.3 is 21.1 Å². The fourth-order valence-corrected chi connectivity index (χ4v) is 4.33. The van der Waals surface area contributed by atoms with Crippen LogP contribution in [0.3, 0.4) is 0 Å². The van der Waals surface area contributed by atoms with Gasteiger partial charge in [0.15, 0.2) is 0 Å². The molecule has 162 valence electrons. The van der Waals surface area contributed by atoms with E-state index in [1.54, 1.807) is 11.3 Å². The lowest BCUT2D eigenvalue weighted by atomic mass is 9.86. The highest BCUT2D eigenvalue weighted by atomic mass is 32.1. The van der Waals surface area contributed by atoms with E-state index in [1.807, 2.05) is 57.5 Å². The van der Waals surface area contributed by atoms with E-state index >= 15 is 0 Å². The molecule has 8 heteroatoms. The zero-order chi connectivity index (χ0) is 22.1. The number of nitrogens with two attached hydrogens (primary N) is 1. The predicted molar refractivity (Wildman–Crippen MR) is 118 cm³/mol. The number of benzene rings is 1. The molecule has 1 fully saturated rings. The Morgan fingerprint density at radius 1 is 1.33 bits per heavy atom. The number of thiazole rings is 1. The third kappa shape index (κ3) is 4.88. The van der Waals surface area contributed by atoms with Crippen molar-refractivity contribution in [3.8, 4) is 10.4 Å². The lowest BCUT2D eigenvalue weighted by Gasteiger charge is -2.32. The number of hydrogen-bond donors (Lipinski definition) is 3. The van der Waals surface area contributed by atoms with Gasteiger partial charge in [0.2, 0.25) is 11.8 Å². The molecule has 1 aliphatic rings. The van der Waals surface area contributed by atoms with E-state index in [4.69, 9.17) is 5.73 Å². The minimum atomic E-state index is -0.735. The maximum Gasteiger partial charge on any atom is 0.243 e. The van der Waals surface area contributed by atoms with Gasteiger partial charge in [-0.05, 0) is 23.5 Å².